The molecule has 3 nitrogen and oxygen atoms in total. The van der Waals surface area contributed by atoms with Crippen LogP contribution in [0.3, 0.4) is 0 Å². The first kappa shape index (κ1) is 14.6. The molecule has 0 amide bonds. The number of hydrogen-bond acceptors (Lipinski definition) is 3. The molecule has 0 aliphatic heterocycles. The van der Waals surface area contributed by atoms with E-state index in [2.05, 4.69) is 5.92 Å². The summed E-state index contributed by atoms with van der Waals surface area (Å²) in [6, 6.07) is 18.8. The average Bonchev–Trinajstić information content (AvgIpc) is 2.60. The molecule has 0 fully saturated rings. The highest BCUT2D eigenvalue weighted by atomic mass is 16.4. The predicted molar refractivity (Wildman–Crippen MR) is 88.9 cm³/mol. The van der Waals surface area contributed by atoms with Crippen molar-refractivity contribution in [3.8, 4) is 18.4 Å². The Balaban J connectivity index is 2.18. The Kier molecular flexibility index (Phi) is 3.95. The van der Waals surface area contributed by atoms with Crippen LogP contribution in [0.2, 0.25) is 0 Å². The Morgan fingerprint density at radius 2 is 1.78 bits per heavy atom. The minimum Gasteiger partial charge on any atom is -0.422 e. The first-order chi connectivity index (χ1) is 11.2. The van der Waals surface area contributed by atoms with E-state index < -0.39 is 5.63 Å². The van der Waals surface area contributed by atoms with E-state index in [4.69, 9.17) is 10.8 Å². The van der Waals surface area contributed by atoms with Crippen LogP contribution in [0, 0.1) is 23.7 Å². The Bertz CT molecular complexity index is 988. The third-order valence-corrected chi connectivity index (χ3v) is 3.84. The van der Waals surface area contributed by atoms with Crippen molar-refractivity contribution in [3.63, 3.8) is 0 Å². The van der Waals surface area contributed by atoms with E-state index in [9.17, 15) is 10.1 Å². The third kappa shape index (κ3) is 2.73. The topological polar surface area (TPSA) is 54.0 Å². The molecule has 0 saturated carbocycles. The number of terminal acetylenes is 1. The van der Waals surface area contributed by atoms with Crippen LogP contribution in [0.15, 0.2) is 63.8 Å². The lowest BCUT2D eigenvalue weighted by Gasteiger charge is -2.13. The molecule has 23 heavy (non-hydrogen) atoms. The van der Waals surface area contributed by atoms with Crippen LogP contribution in [-0.2, 0) is 6.42 Å². The largest absolute Gasteiger partial charge is 0.422 e. The van der Waals surface area contributed by atoms with Gasteiger partial charge in [-0.3, -0.25) is 0 Å². The monoisotopic (exact) mass is 299 g/mol. The van der Waals surface area contributed by atoms with Crippen LogP contribution in [0.25, 0.3) is 11.0 Å². The van der Waals surface area contributed by atoms with Gasteiger partial charge in [-0.1, -0.05) is 54.5 Å². The van der Waals surface area contributed by atoms with Gasteiger partial charge in [-0.25, -0.2) is 4.79 Å². The van der Waals surface area contributed by atoms with Gasteiger partial charge in [0.15, 0.2) is 0 Å². The maximum Gasteiger partial charge on any atom is 0.354 e. The number of hydrogen-bond donors (Lipinski definition) is 0. The first-order valence-electron chi connectivity index (χ1n) is 7.20. The fourth-order valence-corrected chi connectivity index (χ4v) is 2.70. The van der Waals surface area contributed by atoms with Crippen molar-refractivity contribution in [2.45, 2.75) is 12.3 Å². The van der Waals surface area contributed by atoms with Crippen LogP contribution >= 0.6 is 0 Å². The second-order valence-corrected chi connectivity index (χ2v) is 5.19. The molecule has 0 aliphatic carbocycles. The Morgan fingerprint density at radius 1 is 1.09 bits per heavy atom. The first-order valence-corrected chi connectivity index (χ1v) is 7.20. The summed E-state index contributed by atoms with van der Waals surface area (Å²) in [5.41, 5.74) is 1.50. The minimum atomic E-state index is -0.620. The van der Waals surface area contributed by atoms with Crippen LogP contribution in [0.1, 0.15) is 22.6 Å². The molecular formula is C20H13NO2. The lowest BCUT2D eigenvalue weighted by molar-refractivity contribution is 0.555. The molecule has 1 atom stereocenters. The summed E-state index contributed by atoms with van der Waals surface area (Å²) < 4.78 is 5.22. The van der Waals surface area contributed by atoms with Gasteiger partial charge in [-0.2, -0.15) is 5.26 Å². The Morgan fingerprint density at radius 3 is 2.48 bits per heavy atom. The van der Waals surface area contributed by atoms with Crippen molar-refractivity contribution in [3.05, 3.63) is 81.7 Å². The zero-order valence-corrected chi connectivity index (χ0v) is 12.3. The van der Waals surface area contributed by atoms with Crippen molar-refractivity contribution in [1.82, 2.24) is 0 Å². The normalized spacial score (nSPS) is 11.6. The lowest BCUT2D eigenvalue weighted by atomic mass is 9.89. The van der Waals surface area contributed by atoms with Gasteiger partial charge in [0.05, 0.1) is 0 Å². The number of para-hydroxylation sites is 1. The van der Waals surface area contributed by atoms with Crippen molar-refractivity contribution < 1.29 is 4.42 Å². The van der Waals surface area contributed by atoms with Gasteiger partial charge in [-0.05, 0) is 23.6 Å². The van der Waals surface area contributed by atoms with E-state index in [1.165, 1.54) is 0 Å². The summed E-state index contributed by atoms with van der Waals surface area (Å²) in [4.78, 5) is 12.1. The summed E-state index contributed by atoms with van der Waals surface area (Å²) in [5.74, 6) is 2.55. The highest BCUT2D eigenvalue weighted by molar-refractivity contribution is 5.82. The highest BCUT2D eigenvalue weighted by Crippen LogP contribution is 2.26. The maximum atomic E-state index is 12.1. The van der Waals surface area contributed by atoms with Gasteiger partial charge in [0.1, 0.15) is 17.2 Å². The number of rotatable bonds is 3. The van der Waals surface area contributed by atoms with Gasteiger partial charge in [-0.15, -0.1) is 6.42 Å². The Hall–Kier alpha value is -3.30. The van der Waals surface area contributed by atoms with Crippen molar-refractivity contribution >= 4 is 11.0 Å². The minimum absolute atomic E-state index is 0.0277. The summed E-state index contributed by atoms with van der Waals surface area (Å²) in [6.07, 6.45) is 6.10. The standard InChI is InChI=1S/C20H13NO2/c1-2-14(15-8-4-3-5-9-15)12-17-16-10-6-7-11-19(16)23-20(22)18(17)13-21/h1,3-11,14H,12H2/t14-/m0/s1. The number of nitrogens with zero attached hydrogens (tertiary/aromatic N) is 1. The van der Waals surface area contributed by atoms with Gasteiger partial charge < -0.3 is 4.42 Å². The molecule has 3 aromatic rings. The van der Waals surface area contributed by atoms with Gasteiger partial charge >= 0.3 is 5.63 Å². The molecule has 0 bridgehead atoms. The fraction of sp³-hybridized carbons (Fsp3) is 0.100. The summed E-state index contributed by atoms with van der Waals surface area (Å²) in [5, 5.41) is 10.1. The predicted octanol–water partition coefficient (Wildman–Crippen LogP) is 3.62. The molecule has 0 spiro atoms. The molecule has 1 aromatic heterocycles. The molecule has 2 aromatic carbocycles. The van der Waals surface area contributed by atoms with E-state index in [-0.39, 0.29) is 11.5 Å². The average molecular weight is 299 g/mol. The Labute approximate surface area is 133 Å². The summed E-state index contributed by atoms with van der Waals surface area (Å²) in [6.45, 7) is 0. The summed E-state index contributed by atoms with van der Waals surface area (Å²) in [7, 11) is 0. The summed E-state index contributed by atoms with van der Waals surface area (Å²) >= 11 is 0. The molecule has 0 unspecified atom stereocenters. The SMILES string of the molecule is C#C[C@@H](Cc1c(C#N)c(=O)oc2ccccc12)c1ccccc1. The molecule has 1 heterocycles. The van der Waals surface area contributed by atoms with Crippen LogP contribution in [-0.4, -0.2) is 0 Å². The molecule has 3 rings (SSSR count). The second-order valence-electron chi connectivity index (χ2n) is 5.19. The van der Waals surface area contributed by atoms with Crippen molar-refractivity contribution in [2.75, 3.05) is 0 Å². The highest BCUT2D eigenvalue weighted by Gasteiger charge is 2.18. The smallest absolute Gasteiger partial charge is 0.354 e. The van der Waals surface area contributed by atoms with Crippen molar-refractivity contribution in [1.29, 1.82) is 5.26 Å². The maximum absolute atomic E-state index is 12.1. The van der Waals surface area contributed by atoms with E-state index in [1.807, 2.05) is 48.5 Å². The quantitative estimate of drug-likeness (QED) is 0.548. The molecule has 0 N–H and O–H groups in total. The van der Waals surface area contributed by atoms with Crippen molar-refractivity contribution in [2.24, 2.45) is 0 Å². The van der Waals surface area contributed by atoms with Crippen LogP contribution in [0.4, 0.5) is 0 Å². The third-order valence-electron chi connectivity index (χ3n) is 3.84. The van der Waals surface area contributed by atoms with E-state index in [0.29, 0.717) is 17.6 Å². The molecule has 110 valence electrons. The molecule has 3 heteroatoms. The number of fused-ring (bicyclic) bond motifs is 1. The van der Waals surface area contributed by atoms with Crippen LogP contribution in [0.5, 0.6) is 0 Å². The lowest BCUT2D eigenvalue weighted by Crippen LogP contribution is -2.11. The fourth-order valence-electron chi connectivity index (χ4n) is 2.70. The molecular weight excluding hydrogens is 286 g/mol. The number of benzene rings is 2. The molecule has 0 radical (unpaired) electrons. The zero-order chi connectivity index (χ0) is 16.2. The van der Waals surface area contributed by atoms with Gasteiger partial charge in [0.2, 0.25) is 0 Å². The van der Waals surface area contributed by atoms with E-state index >= 15 is 0 Å². The number of nitriles is 1. The van der Waals surface area contributed by atoms with Crippen LogP contribution < -0.4 is 5.63 Å². The van der Waals surface area contributed by atoms with Gasteiger partial charge in [0, 0.05) is 11.3 Å². The van der Waals surface area contributed by atoms with E-state index in [1.54, 1.807) is 12.1 Å². The zero-order valence-electron chi connectivity index (χ0n) is 12.3. The molecule has 0 aliphatic rings. The molecule has 0 saturated heterocycles. The van der Waals surface area contributed by atoms with Gasteiger partial charge in [0.25, 0.3) is 0 Å². The van der Waals surface area contributed by atoms with E-state index in [0.717, 1.165) is 10.9 Å². The second kappa shape index (κ2) is 6.22.